The Labute approximate surface area is 158 Å². The number of nitrogens with one attached hydrogen (secondary N) is 1. The molecule has 1 aromatic heterocycles. The third-order valence-electron chi connectivity index (χ3n) is 3.31. The van der Waals surface area contributed by atoms with E-state index in [0.717, 1.165) is 17.7 Å². The van der Waals surface area contributed by atoms with Gasteiger partial charge >= 0.3 is 0 Å². The van der Waals surface area contributed by atoms with E-state index in [2.05, 4.69) is 15.3 Å². The number of hydrogen-bond donors (Lipinski definition) is 2. The summed E-state index contributed by atoms with van der Waals surface area (Å²) in [5, 5.41) is 3.04. The number of benzene rings is 1. The van der Waals surface area contributed by atoms with Crippen LogP contribution in [0.25, 0.3) is 0 Å². The van der Waals surface area contributed by atoms with Crippen LogP contribution >= 0.6 is 24.0 Å². The number of aromatic nitrogens is 1. The Hall–Kier alpha value is -1.90. The second-order valence-corrected chi connectivity index (χ2v) is 4.98. The molecule has 0 amide bonds. The van der Waals surface area contributed by atoms with Crippen LogP contribution in [0.2, 0.25) is 0 Å². The average molecular weight is 444 g/mol. The minimum absolute atomic E-state index is 0. The van der Waals surface area contributed by atoms with Crippen molar-refractivity contribution < 1.29 is 9.13 Å². The van der Waals surface area contributed by atoms with E-state index in [0.29, 0.717) is 25.5 Å². The molecule has 0 aliphatic heterocycles. The summed E-state index contributed by atoms with van der Waals surface area (Å²) in [6.07, 6.45) is 3.21. The second-order valence-electron chi connectivity index (χ2n) is 4.98. The first-order valence-electron chi connectivity index (χ1n) is 7.45. The fourth-order valence-corrected chi connectivity index (χ4v) is 2.09. The average Bonchev–Trinajstić information content (AvgIpc) is 2.57. The van der Waals surface area contributed by atoms with E-state index in [-0.39, 0.29) is 35.5 Å². The maximum absolute atomic E-state index is 13.3. The third kappa shape index (κ3) is 6.69. The first kappa shape index (κ1) is 20.1. The van der Waals surface area contributed by atoms with E-state index in [9.17, 15) is 4.39 Å². The molecule has 0 aliphatic carbocycles. The highest BCUT2D eigenvalue weighted by atomic mass is 127. The molecule has 0 atom stereocenters. The maximum Gasteiger partial charge on any atom is 0.188 e. The normalized spacial score (nSPS) is 10.8. The van der Waals surface area contributed by atoms with Gasteiger partial charge in [-0.15, -0.1) is 24.0 Å². The second kappa shape index (κ2) is 10.8. The van der Waals surface area contributed by atoms with Crippen molar-refractivity contribution in [1.29, 1.82) is 0 Å². The smallest absolute Gasteiger partial charge is 0.188 e. The molecule has 0 unspecified atom stereocenters. The Bertz CT molecular complexity index is 652. The summed E-state index contributed by atoms with van der Waals surface area (Å²) >= 11 is 0. The van der Waals surface area contributed by atoms with E-state index in [1.165, 1.54) is 13.2 Å². The van der Waals surface area contributed by atoms with Crippen LogP contribution < -0.4 is 15.8 Å². The van der Waals surface area contributed by atoms with Crippen LogP contribution in [0.3, 0.4) is 0 Å². The van der Waals surface area contributed by atoms with Gasteiger partial charge in [-0.3, -0.25) is 9.98 Å². The minimum atomic E-state index is -0.361. The molecule has 0 saturated carbocycles. The van der Waals surface area contributed by atoms with Crippen LogP contribution in [-0.4, -0.2) is 31.1 Å². The van der Waals surface area contributed by atoms with Gasteiger partial charge in [-0.2, -0.15) is 0 Å². The van der Waals surface area contributed by atoms with Crippen molar-refractivity contribution in [3.63, 3.8) is 0 Å². The lowest BCUT2D eigenvalue weighted by atomic mass is 10.1. The lowest BCUT2D eigenvalue weighted by Gasteiger charge is -2.08. The zero-order valence-corrected chi connectivity index (χ0v) is 15.9. The van der Waals surface area contributed by atoms with Crippen molar-refractivity contribution in [3.8, 4) is 5.75 Å². The fraction of sp³-hybridized carbons (Fsp3) is 0.294. The molecular formula is C17H22FIN4O. The lowest BCUT2D eigenvalue weighted by Crippen LogP contribution is -2.33. The number of methoxy groups -OCH3 is 1. The van der Waals surface area contributed by atoms with Crippen LogP contribution in [-0.2, 0) is 12.8 Å². The molecule has 5 nitrogen and oxygen atoms in total. The first-order valence-corrected chi connectivity index (χ1v) is 7.45. The number of halogens is 2. The summed E-state index contributed by atoms with van der Waals surface area (Å²) < 4.78 is 18.3. The van der Waals surface area contributed by atoms with Gasteiger partial charge in [0.2, 0.25) is 0 Å². The largest absolute Gasteiger partial charge is 0.494 e. The maximum atomic E-state index is 13.3. The topological polar surface area (TPSA) is 72.5 Å². The highest BCUT2D eigenvalue weighted by Crippen LogP contribution is 2.18. The van der Waals surface area contributed by atoms with Crippen LogP contribution in [0.15, 0.2) is 47.6 Å². The zero-order valence-electron chi connectivity index (χ0n) is 13.5. The van der Waals surface area contributed by atoms with Crippen LogP contribution in [0, 0.1) is 5.82 Å². The van der Waals surface area contributed by atoms with Crippen molar-refractivity contribution in [1.82, 2.24) is 10.3 Å². The van der Waals surface area contributed by atoms with Crippen LogP contribution in [0.4, 0.5) is 4.39 Å². The third-order valence-corrected chi connectivity index (χ3v) is 3.31. The Morgan fingerprint density at radius 2 is 2.12 bits per heavy atom. The van der Waals surface area contributed by atoms with Gasteiger partial charge in [0.25, 0.3) is 0 Å². The number of nitrogens with zero attached hydrogens (tertiary/aromatic N) is 2. The molecule has 0 spiro atoms. The number of rotatable bonds is 7. The number of pyridine rings is 1. The van der Waals surface area contributed by atoms with Gasteiger partial charge in [0.15, 0.2) is 17.5 Å². The molecule has 1 heterocycles. The molecule has 0 aliphatic rings. The van der Waals surface area contributed by atoms with Gasteiger partial charge in [0.05, 0.1) is 7.11 Å². The summed E-state index contributed by atoms with van der Waals surface area (Å²) in [5.41, 5.74) is 7.77. The van der Waals surface area contributed by atoms with Gasteiger partial charge in [0, 0.05) is 31.4 Å². The number of hydrogen-bond acceptors (Lipinski definition) is 3. The summed E-state index contributed by atoms with van der Waals surface area (Å²) in [7, 11) is 1.45. The zero-order chi connectivity index (χ0) is 16.5. The monoisotopic (exact) mass is 444 g/mol. The summed E-state index contributed by atoms with van der Waals surface area (Å²) in [6, 6.07) is 10.6. The summed E-state index contributed by atoms with van der Waals surface area (Å²) in [6.45, 7) is 1.20. The fourth-order valence-electron chi connectivity index (χ4n) is 2.09. The van der Waals surface area contributed by atoms with Crippen LogP contribution in [0.1, 0.15) is 11.3 Å². The Balaban J connectivity index is 0.00000288. The minimum Gasteiger partial charge on any atom is -0.494 e. The van der Waals surface area contributed by atoms with Crippen LogP contribution in [0.5, 0.6) is 5.75 Å². The Morgan fingerprint density at radius 3 is 2.83 bits per heavy atom. The molecule has 2 rings (SSSR count). The summed E-state index contributed by atoms with van der Waals surface area (Å²) in [4.78, 5) is 8.48. The molecule has 1 aromatic carbocycles. The van der Waals surface area contributed by atoms with E-state index in [1.807, 2.05) is 18.2 Å². The highest BCUT2D eigenvalue weighted by Gasteiger charge is 2.03. The SMILES string of the molecule is COc1cc(CCNC(N)=NCCc2ccccn2)ccc1F.I. The van der Waals surface area contributed by atoms with Crippen molar-refractivity contribution in [2.75, 3.05) is 20.2 Å². The van der Waals surface area contributed by atoms with Gasteiger partial charge in [-0.05, 0) is 36.2 Å². The van der Waals surface area contributed by atoms with Gasteiger partial charge in [-0.25, -0.2) is 4.39 Å². The Morgan fingerprint density at radius 1 is 1.29 bits per heavy atom. The molecule has 2 aromatic rings. The molecular weight excluding hydrogens is 422 g/mol. The molecule has 0 saturated heterocycles. The number of aliphatic imine (C=N–C) groups is 1. The molecule has 130 valence electrons. The van der Waals surface area contributed by atoms with E-state index < -0.39 is 0 Å². The van der Waals surface area contributed by atoms with Crippen molar-refractivity contribution in [2.45, 2.75) is 12.8 Å². The van der Waals surface area contributed by atoms with Crippen molar-refractivity contribution in [2.24, 2.45) is 10.7 Å². The molecule has 0 fully saturated rings. The summed E-state index contributed by atoms with van der Waals surface area (Å²) in [5.74, 6) is 0.286. The number of ether oxygens (including phenoxy) is 1. The number of guanidine groups is 1. The lowest BCUT2D eigenvalue weighted by molar-refractivity contribution is 0.386. The highest BCUT2D eigenvalue weighted by molar-refractivity contribution is 14.0. The molecule has 3 N–H and O–H groups in total. The molecule has 0 radical (unpaired) electrons. The first-order chi connectivity index (χ1) is 11.2. The molecule has 7 heteroatoms. The van der Waals surface area contributed by atoms with Crippen molar-refractivity contribution in [3.05, 3.63) is 59.7 Å². The Kier molecular flexibility index (Phi) is 9.06. The van der Waals surface area contributed by atoms with Crippen molar-refractivity contribution >= 4 is 29.9 Å². The molecule has 24 heavy (non-hydrogen) atoms. The van der Waals surface area contributed by atoms with E-state index in [1.54, 1.807) is 18.3 Å². The number of nitrogens with two attached hydrogens (primary N) is 1. The van der Waals surface area contributed by atoms with E-state index in [4.69, 9.17) is 10.5 Å². The predicted molar refractivity (Wildman–Crippen MR) is 105 cm³/mol. The van der Waals surface area contributed by atoms with Gasteiger partial charge < -0.3 is 15.8 Å². The van der Waals surface area contributed by atoms with E-state index >= 15 is 0 Å². The predicted octanol–water partition coefficient (Wildman–Crippen LogP) is 2.54. The van der Waals surface area contributed by atoms with Gasteiger partial charge in [0.1, 0.15) is 0 Å². The quantitative estimate of drug-likeness (QED) is 0.391. The molecule has 0 bridgehead atoms. The van der Waals surface area contributed by atoms with Gasteiger partial charge in [-0.1, -0.05) is 12.1 Å². The standard InChI is InChI=1S/C17H21FN4O.HI/c1-23-16-12-13(5-6-15(16)18)7-10-21-17(19)22-11-8-14-4-2-3-9-20-14;/h2-6,9,12H,7-8,10-11H2,1H3,(H3,19,21,22);1H.